The lowest BCUT2D eigenvalue weighted by Crippen LogP contribution is -2.27. The van der Waals surface area contributed by atoms with Crippen LogP contribution in [0.2, 0.25) is 10.0 Å². The molecule has 2 rings (SSSR count). The number of hydrogen-bond donors (Lipinski definition) is 2. The Kier molecular flexibility index (Phi) is 7.00. The van der Waals surface area contributed by atoms with Crippen LogP contribution in [-0.4, -0.2) is 24.9 Å². The molecule has 0 aromatic heterocycles. The first-order chi connectivity index (χ1) is 12.4. The van der Waals surface area contributed by atoms with Crippen molar-refractivity contribution in [3.8, 4) is 0 Å². The smallest absolute Gasteiger partial charge is 0.337 e. The van der Waals surface area contributed by atoms with Gasteiger partial charge in [-0.05, 0) is 35.9 Å². The lowest BCUT2D eigenvalue weighted by molar-refractivity contribution is -0.126. The quantitative estimate of drug-likeness (QED) is 0.580. The van der Waals surface area contributed by atoms with Crippen molar-refractivity contribution in [2.24, 2.45) is 0 Å². The Hall–Kier alpha value is -2.57. The van der Waals surface area contributed by atoms with E-state index in [1.54, 1.807) is 24.3 Å². The van der Waals surface area contributed by atoms with Crippen molar-refractivity contribution in [1.29, 1.82) is 0 Å². The highest BCUT2D eigenvalue weighted by molar-refractivity contribution is 6.34. The Bertz CT molecular complexity index is 822. The summed E-state index contributed by atoms with van der Waals surface area (Å²) in [6.45, 7) is 0.280. The van der Waals surface area contributed by atoms with Crippen LogP contribution in [0.25, 0.3) is 0 Å². The summed E-state index contributed by atoms with van der Waals surface area (Å²) < 4.78 is 4.61. The van der Waals surface area contributed by atoms with Crippen molar-refractivity contribution in [3.05, 3.63) is 63.6 Å². The van der Waals surface area contributed by atoms with Crippen LogP contribution in [0.5, 0.6) is 0 Å². The number of ether oxygens (including phenoxy) is 1. The van der Waals surface area contributed by atoms with Gasteiger partial charge in [0, 0.05) is 11.6 Å². The van der Waals surface area contributed by atoms with Gasteiger partial charge in [-0.3, -0.25) is 9.59 Å². The number of benzene rings is 2. The maximum atomic E-state index is 12.0. The molecule has 2 N–H and O–H groups in total. The molecular weight excluding hydrogens is 379 g/mol. The zero-order chi connectivity index (χ0) is 19.1. The van der Waals surface area contributed by atoms with E-state index in [-0.39, 0.29) is 29.2 Å². The lowest BCUT2D eigenvalue weighted by Gasteiger charge is -2.09. The second-order valence-electron chi connectivity index (χ2n) is 5.31. The molecule has 6 nitrogen and oxygen atoms in total. The van der Waals surface area contributed by atoms with Gasteiger partial charge in [-0.25, -0.2) is 4.79 Å². The summed E-state index contributed by atoms with van der Waals surface area (Å²) in [6.07, 6.45) is -0.383. The molecule has 2 aromatic rings. The molecule has 0 unspecified atom stereocenters. The molecule has 0 atom stereocenters. The van der Waals surface area contributed by atoms with Crippen LogP contribution in [0.4, 0.5) is 5.69 Å². The molecule has 136 valence electrons. The molecule has 0 saturated heterocycles. The van der Waals surface area contributed by atoms with Gasteiger partial charge in [0.15, 0.2) is 0 Å². The Morgan fingerprint density at radius 3 is 2.35 bits per heavy atom. The first-order valence-corrected chi connectivity index (χ1v) is 8.33. The predicted octanol–water partition coefficient (Wildman–Crippen LogP) is 3.43. The molecule has 0 aliphatic carbocycles. The molecule has 2 amide bonds. The fourth-order valence-electron chi connectivity index (χ4n) is 2.07. The van der Waals surface area contributed by atoms with E-state index in [4.69, 9.17) is 23.2 Å². The van der Waals surface area contributed by atoms with E-state index in [1.165, 1.54) is 25.3 Å². The van der Waals surface area contributed by atoms with Crippen molar-refractivity contribution in [3.63, 3.8) is 0 Å². The van der Waals surface area contributed by atoms with E-state index < -0.39 is 17.8 Å². The molecule has 0 spiro atoms. The maximum Gasteiger partial charge on any atom is 0.337 e. The van der Waals surface area contributed by atoms with Gasteiger partial charge in [-0.2, -0.15) is 0 Å². The van der Waals surface area contributed by atoms with Gasteiger partial charge in [0.25, 0.3) is 0 Å². The number of methoxy groups -OCH3 is 1. The van der Waals surface area contributed by atoms with Gasteiger partial charge in [0.05, 0.1) is 23.4 Å². The summed E-state index contributed by atoms with van der Waals surface area (Å²) in [5.74, 6) is -1.56. The lowest BCUT2D eigenvalue weighted by atomic mass is 10.2. The normalized spacial score (nSPS) is 10.1. The number of anilines is 1. The molecule has 0 aliphatic heterocycles. The highest BCUT2D eigenvalue weighted by atomic mass is 35.5. The maximum absolute atomic E-state index is 12.0. The third-order valence-corrected chi connectivity index (χ3v) is 3.97. The van der Waals surface area contributed by atoms with Crippen LogP contribution < -0.4 is 10.6 Å². The number of halogens is 2. The molecule has 0 fully saturated rings. The van der Waals surface area contributed by atoms with Crippen LogP contribution in [0.1, 0.15) is 22.3 Å². The molecule has 8 heteroatoms. The van der Waals surface area contributed by atoms with Gasteiger partial charge in [0.1, 0.15) is 6.42 Å². The molecular formula is C18H16Cl2N2O4. The molecule has 0 heterocycles. The van der Waals surface area contributed by atoms with Crippen LogP contribution in [0.3, 0.4) is 0 Å². The van der Waals surface area contributed by atoms with Crippen molar-refractivity contribution < 1.29 is 19.1 Å². The Morgan fingerprint density at radius 1 is 1.00 bits per heavy atom. The SMILES string of the molecule is COC(=O)c1ccc(Cl)c(NC(=O)CC(=O)NCc2ccc(Cl)cc2)c1. The summed E-state index contributed by atoms with van der Waals surface area (Å²) in [4.78, 5) is 35.4. The van der Waals surface area contributed by atoms with Crippen LogP contribution >= 0.6 is 23.2 Å². The van der Waals surface area contributed by atoms with Gasteiger partial charge >= 0.3 is 5.97 Å². The van der Waals surface area contributed by atoms with Gasteiger partial charge in [0.2, 0.25) is 11.8 Å². The number of rotatable bonds is 6. The fraction of sp³-hybridized carbons (Fsp3) is 0.167. The summed E-state index contributed by atoms with van der Waals surface area (Å²) in [6, 6.07) is 11.3. The zero-order valence-electron chi connectivity index (χ0n) is 13.8. The topological polar surface area (TPSA) is 84.5 Å². The molecule has 0 radical (unpaired) electrons. The summed E-state index contributed by atoms with van der Waals surface area (Å²) in [7, 11) is 1.25. The third-order valence-electron chi connectivity index (χ3n) is 3.39. The number of carbonyl (C=O) groups is 3. The minimum absolute atomic E-state index is 0.227. The average molecular weight is 395 g/mol. The molecule has 0 saturated carbocycles. The van der Waals surface area contributed by atoms with E-state index in [0.29, 0.717) is 5.02 Å². The number of amides is 2. The van der Waals surface area contributed by atoms with E-state index >= 15 is 0 Å². The number of nitrogens with one attached hydrogen (secondary N) is 2. The van der Waals surface area contributed by atoms with Crippen molar-refractivity contribution in [2.75, 3.05) is 12.4 Å². The number of carbonyl (C=O) groups excluding carboxylic acids is 3. The van der Waals surface area contributed by atoms with E-state index in [2.05, 4.69) is 15.4 Å². The van der Waals surface area contributed by atoms with E-state index in [1.807, 2.05) is 0 Å². The van der Waals surface area contributed by atoms with Crippen molar-refractivity contribution in [1.82, 2.24) is 5.32 Å². The first-order valence-electron chi connectivity index (χ1n) is 7.58. The summed E-state index contributed by atoms with van der Waals surface area (Å²) in [5, 5.41) is 5.99. The second kappa shape index (κ2) is 9.22. The standard InChI is InChI=1S/C18H16Cl2N2O4/c1-26-18(25)12-4-7-14(20)15(8-12)22-17(24)9-16(23)21-10-11-2-5-13(19)6-3-11/h2-8H,9-10H2,1H3,(H,21,23)(H,22,24). The molecule has 0 bridgehead atoms. The first kappa shape index (κ1) is 19.8. The second-order valence-corrected chi connectivity index (χ2v) is 6.16. The van der Waals surface area contributed by atoms with Gasteiger partial charge in [-0.15, -0.1) is 0 Å². The Balaban J connectivity index is 1.90. The Morgan fingerprint density at radius 2 is 1.69 bits per heavy atom. The number of hydrogen-bond acceptors (Lipinski definition) is 4. The van der Waals surface area contributed by atoms with Crippen LogP contribution in [0.15, 0.2) is 42.5 Å². The highest BCUT2D eigenvalue weighted by Gasteiger charge is 2.14. The fourth-order valence-corrected chi connectivity index (χ4v) is 2.36. The van der Waals surface area contributed by atoms with E-state index in [9.17, 15) is 14.4 Å². The summed E-state index contributed by atoms with van der Waals surface area (Å²) >= 11 is 11.8. The monoisotopic (exact) mass is 394 g/mol. The van der Waals surface area contributed by atoms with Gasteiger partial charge in [-0.1, -0.05) is 35.3 Å². The number of esters is 1. The molecule has 0 aliphatic rings. The van der Waals surface area contributed by atoms with E-state index in [0.717, 1.165) is 5.56 Å². The summed E-state index contributed by atoms with van der Waals surface area (Å²) in [5.41, 5.74) is 1.32. The van der Waals surface area contributed by atoms with Crippen LogP contribution in [-0.2, 0) is 20.9 Å². The highest BCUT2D eigenvalue weighted by Crippen LogP contribution is 2.23. The zero-order valence-corrected chi connectivity index (χ0v) is 15.4. The third kappa shape index (κ3) is 5.75. The van der Waals surface area contributed by atoms with Crippen LogP contribution in [0, 0.1) is 0 Å². The van der Waals surface area contributed by atoms with Crippen molar-refractivity contribution >= 4 is 46.7 Å². The minimum atomic E-state index is -0.558. The minimum Gasteiger partial charge on any atom is -0.465 e. The van der Waals surface area contributed by atoms with Crippen molar-refractivity contribution in [2.45, 2.75) is 13.0 Å². The van der Waals surface area contributed by atoms with Gasteiger partial charge < -0.3 is 15.4 Å². The molecule has 2 aromatic carbocycles. The predicted molar refractivity (Wildman–Crippen MR) is 99.3 cm³/mol. The Labute approximate surface area is 160 Å². The molecule has 26 heavy (non-hydrogen) atoms. The largest absolute Gasteiger partial charge is 0.465 e. The average Bonchev–Trinajstić information content (AvgIpc) is 2.62.